The molecular weight excluding hydrogens is 200 g/mol. The molecule has 0 aromatic heterocycles. The van der Waals surface area contributed by atoms with Crippen LogP contribution in [0, 0.1) is 0 Å². The van der Waals surface area contributed by atoms with E-state index in [9.17, 15) is 0 Å². The highest BCUT2D eigenvalue weighted by molar-refractivity contribution is 5.20. The summed E-state index contributed by atoms with van der Waals surface area (Å²) in [5.41, 5.74) is 1.13. The van der Waals surface area contributed by atoms with Crippen molar-refractivity contribution in [2.45, 2.75) is 31.7 Å². The van der Waals surface area contributed by atoms with Crippen LogP contribution in [0.25, 0.3) is 0 Å². The Kier molecular flexibility index (Phi) is 4.14. The Bertz CT molecular complexity index is 315. The van der Waals surface area contributed by atoms with Crippen LogP contribution in [-0.2, 0) is 9.47 Å². The number of rotatable bonds is 4. The van der Waals surface area contributed by atoms with Crippen molar-refractivity contribution in [1.82, 2.24) is 0 Å². The van der Waals surface area contributed by atoms with Crippen LogP contribution in [0.2, 0.25) is 0 Å². The average Bonchev–Trinajstić information content (AvgIpc) is 2.38. The summed E-state index contributed by atoms with van der Waals surface area (Å²) in [7, 11) is 0. The van der Waals surface area contributed by atoms with Crippen molar-refractivity contribution in [2.75, 3.05) is 6.61 Å². The second-order valence-electron chi connectivity index (χ2n) is 4.00. The molecule has 2 nitrogen and oxygen atoms in total. The highest BCUT2D eigenvalue weighted by atomic mass is 16.7. The van der Waals surface area contributed by atoms with Gasteiger partial charge in [-0.05, 0) is 24.8 Å². The van der Waals surface area contributed by atoms with Gasteiger partial charge in [-0.25, -0.2) is 0 Å². The Morgan fingerprint density at radius 3 is 2.75 bits per heavy atom. The van der Waals surface area contributed by atoms with Gasteiger partial charge in [0.2, 0.25) is 0 Å². The summed E-state index contributed by atoms with van der Waals surface area (Å²) >= 11 is 0. The first-order valence-electron chi connectivity index (χ1n) is 5.84. The molecule has 0 saturated carbocycles. The largest absolute Gasteiger partial charge is 0.353 e. The van der Waals surface area contributed by atoms with Crippen LogP contribution in [0.4, 0.5) is 0 Å². The van der Waals surface area contributed by atoms with E-state index in [0.717, 1.165) is 25.0 Å². The van der Waals surface area contributed by atoms with E-state index in [-0.39, 0.29) is 12.4 Å². The number of ether oxygens (including phenoxy) is 2. The molecule has 1 heterocycles. The van der Waals surface area contributed by atoms with Gasteiger partial charge in [-0.15, -0.1) is 6.58 Å². The fourth-order valence-corrected chi connectivity index (χ4v) is 1.89. The molecule has 0 spiro atoms. The molecule has 2 atom stereocenters. The zero-order chi connectivity index (χ0) is 11.2. The number of benzene rings is 1. The molecule has 0 N–H and O–H groups in total. The van der Waals surface area contributed by atoms with Crippen LogP contribution in [0.3, 0.4) is 0 Å². The minimum absolute atomic E-state index is 0.0655. The lowest BCUT2D eigenvalue weighted by molar-refractivity contribution is -0.179. The molecule has 86 valence electrons. The molecule has 16 heavy (non-hydrogen) atoms. The zero-order valence-electron chi connectivity index (χ0n) is 9.47. The van der Waals surface area contributed by atoms with Crippen LogP contribution in [0.5, 0.6) is 0 Å². The predicted octanol–water partition coefficient (Wildman–Crippen LogP) is 3.46. The third kappa shape index (κ3) is 2.94. The Labute approximate surface area is 96.9 Å². The molecule has 0 bridgehead atoms. The van der Waals surface area contributed by atoms with Gasteiger partial charge < -0.3 is 9.47 Å². The van der Waals surface area contributed by atoms with Gasteiger partial charge >= 0.3 is 0 Å². The van der Waals surface area contributed by atoms with Gasteiger partial charge in [-0.1, -0.05) is 36.4 Å². The number of hydrogen-bond acceptors (Lipinski definition) is 2. The van der Waals surface area contributed by atoms with Crippen molar-refractivity contribution in [3.8, 4) is 0 Å². The lowest BCUT2D eigenvalue weighted by Crippen LogP contribution is -2.23. The van der Waals surface area contributed by atoms with Gasteiger partial charge in [-0.3, -0.25) is 0 Å². The van der Waals surface area contributed by atoms with E-state index in [0.29, 0.717) is 0 Å². The van der Waals surface area contributed by atoms with Gasteiger partial charge in [0.1, 0.15) is 6.10 Å². The van der Waals surface area contributed by atoms with Gasteiger partial charge in [0.25, 0.3) is 0 Å². The highest BCUT2D eigenvalue weighted by Gasteiger charge is 2.18. The Hall–Kier alpha value is -1.12. The maximum Gasteiger partial charge on any atom is 0.158 e. The summed E-state index contributed by atoms with van der Waals surface area (Å²) in [5, 5.41) is 0. The SMILES string of the molecule is C=CC(OC1CCCCO1)c1ccccc1. The first-order valence-corrected chi connectivity index (χ1v) is 5.84. The minimum atomic E-state index is -0.0723. The summed E-state index contributed by atoms with van der Waals surface area (Å²) in [6.45, 7) is 4.63. The van der Waals surface area contributed by atoms with E-state index >= 15 is 0 Å². The second-order valence-corrected chi connectivity index (χ2v) is 4.00. The van der Waals surface area contributed by atoms with Crippen LogP contribution in [0.15, 0.2) is 43.0 Å². The molecule has 2 heteroatoms. The molecular formula is C14H18O2. The molecule has 0 aliphatic carbocycles. The van der Waals surface area contributed by atoms with Crippen molar-refractivity contribution >= 4 is 0 Å². The van der Waals surface area contributed by atoms with E-state index in [1.807, 2.05) is 24.3 Å². The predicted molar refractivity (Wildman–Crippen MR) is 64.1 cm³/mol. The first kappa shape index (κ1) is 11.4. The monoisotopic (exact) mass is 218 g/mol. The quantitative estimate of drug-likeness (QED) is 0.720. The Morgan fingerprint density at radius 2 is 2.12 bits per heavy atom. The van der Waals surface area contributed by atoms with Gasteiger partial charge in [0.15, 0.2) is 6.29 Å². The third-order valence-electron chi connectivity index (χ3n) is 2.78. The van der Waals surface area contributed by atoms with Gasteiger partial charge in [0.05, 0.1) is 0 Å². The smallest absolute Gasteiger partial charge is 0.158 e. The maximum atomic E-state index is 5.89. The summed E-state index contributed by atoms with van der Waals surface area (Å²) in [4.78, 5) is 0. The van der Waals surface area contributed by atoms with Crippen LogP contribution < -0.4 is 0 Å². The van der Waals surface area contributed by atoms with E-state index < -0.39 is 0 Å². The summed E-state index contributed by atoms with van der Waals surface area (Å²) in [6.07, 6.45) is 5.00. The molecule has 0 radical (unpaired) electrons. The molecule has 1 fully saturated rings. The third-order valence-corrected chi connectivity index (χ3v) is 2.78. The molecule has 0 amide bonds. The van der Waals surface area contributed by atoms with E-state index in [2.05, 4.69) is 18.7 Å². The normalized spacial score (nSPS) is 22.6. The van der Waals surface area contributed by atoms with Crippen molar-refractivity contribution in [3.05, 3.63) is 48.6 Å². The number of hydrogen-bond donors (Lipinski definition) is 0. The molecule has 1 aliphatic rings. The molecule has 1 aliphatic heterocycles. The van der Waals surface area contributed by atoms with Crippen LogP contribution in [0.1, 0.15) is 30.9 Å². The summed E-state index contributed by atoms with van der Waals surface area (Å²) < 4.78 is 11.4. The van der Waals surface area contributed by atoms with Crippen LogP contribution in [-0.4, -0.2) is 12.9 Å². The Morgan fingerprint density at radius 1 is 1.31 bits per heavy atom. The van der Waals surface area contributed by atoms with E-state index in [1.165, 1.54) is 6.42 Å². The lowest BCUT2D eigenvalue weighted by Gasteiger charge is -2.26. The van der Waals surface area contributed by atoms with Gasteiger partial charge in [-0.2, -0.15) is 0 Å². The topological polar surface area (TPSA) is 18.5 Å². The Balaban J connectivity index is 1.97. The molecule has 1 saturated heterocycles. The van der Waals surface area contributed by atoms with Crippen molar-refractivity contribution in [2.24, 2.45) is 0 Å². The fraction of sp³-hybridized carbons (Fsp3) is 0.429. The molecule has 1 aromatic rings. The maximum absolute atomic E-state index is 5.89. The second kappa shape index (κ2) is 5.83. The molecule has 2 unspecified atom stereocenters. The van der Waals surface area contributed by atoms with Crippen molar-refractivity contribution in [1.29, 1.82) is 0 Å². The molecule has 2 rings (SSSR count). The zero-order valence-corrected chi connectivity index (χ0v) is 9.47. The van der Waals surface area contributed by atoms with Crippen LogP contribution >= 0.6 is 0 Å². The van der Waals surface area contributed by atoms with Gasteiger partial charge in [0, 0.05) is 6.61 Å². The summed E-state index contributed by atoms with van der Waals surface area (Å²) in [6, 6.07) is 10.1. The fourth-order valence-electron chi connectivity index (χ4n) is 1.89. The first-order chi connectivity index (χ1) is 7.90. The molecule has 1 aromatic carbocycles. The standard InChI is InChI=1S/C14H18O2/c1-2-13(12-8-4-3-5-9-12)16-14-10-6-7-11-15-14/h2-5,8-9,13-14H,1,6-7,10-11H2. The van der Waals surface area contributed by atoms with Crippen molar-refractivity contribution in [3.63, 3.8) is 0 Å². The lowest BCUT2D eigenvalue weighted by atomic mass is 10.1. The minimum Gasteiger partial charge on any atom is -0.353 e. The summed E-state index contributed by atoms with van der Waals surface area (Å²) in [5.74, 6) is 0. The average molecular weight is 218 g/mol. The van der Waals surface area contributed by atoms with E-state index in [1.54, 1.807) is 0 Å². The van der Waals surface area contributed by atoms with E-state index in [4.69, 9.17) is 9.47 Å². The highest BCUT2D eigenvalue weighted by Crippen LogP contribution is 2.24. The van der Waals surface area contributed by atoms with Crippen molar-refractivity contribution < 1.29 is 9.47 Å².